The third-order valence-electron chi connectivity index (χ3n) is 2.99. The highest BCUT2D eigenvalue weighted by atomic mass is 35.5. The normalized spacial score (nSPS) is 11.5. The first-order valence-electron chi connectivity index (χ1n) is 6.49. The number of benzene rings is 2. The summed E-state index contributed by atoms with van der Waals surface area (Å²) in [5.74, 6) is 0. The monoisotopic (exact) mass is 324 g/mol. The van der Waals surface area contributed by atoms with Gasteiger partial charge in [0.1, 0.15) is 0 Å². The van der Waals surface area contributed by atoms with Gasteiger partial charge in [0.15, 0.2) is 0 Å². The molecule has 0 unspecified atom stereocenters. The average molecular weight is 325 g/mol. The Hall–Kier alpha value is -1.40. The van der Waals surface area contributed by atoms with E-state index in [0.717, 1.165) is 11.1 Å². The number of nitrogens with one attached hydrogen (secondary N) is 2. The standard InChI is InChI=1S/C15H17ClN2O2S/c1-17-10-12-4-8-15(9-5-12)21(19,20)18-11-13-2-6-14(16)7-3-13/h2-9,17-18H,10-11H2,1H3. The molecule has 0 heterocycles. The summed E-state index contributed by atoms with van der Waals surface area (Å²) in [7, 11) is -1.66. The van der Waals surface area contributed by atoms with Crippen LogP contribution >= 0.6 is 11.6 Å². The third kappa shape index (κ3) is 4.54. The van der Waals surface area contributed by atoms with E-state index in [1.807, 2.05) is 7.05 Å². The van der Waals surface area contributed by atoms with Crippen LogP contribution in [0.5, 0.6) is 0 Å². The Morgan fingerprint density at radius 3 is 2.00 bits per heavy atom. The Morgan fingerprint density at radius 2 is 1.43 bits per heavy atom. The number of rotatable bonds is 6. The first-order valence-corrected chi connectivity index (χ1v) is 8.35. The average Bonchev–Trinajstić information content (AvgIpc) is 2.48. The van der Waals surface area contributed by atoms with E-state index in [0.29, 0.717) is 11.6 Å². The Balaban J connectivity index is 2.05. The van der Waals surface area contributed by atoms with Crippen LogP contribution in [0, 0.1) is 0 Å². The Labute approximate surface area is 130 Å². The zero-order valence-corrected chi connectivity index (χ0v) is 13.2. The number of hydrogen-bond acceptors (Lipinski definition) is 3. The van der Waals surface area contributed by atoms with Crippen molar-refractivity contribution in [2.75, 3.05) is 7.05 Å². The lowest BCUT2D eigenvalue weighted by molar-refractivity contribution is 0.581. The molecule has 0 spiro atoms. The predicted molar refractivity (Wildman–Crippen MR) is 84.7 cm³/mol. The lowest BCUT2D eigenvalue weighted by Crippen LogP contribution is -2.23. The molecule has 21 heavy (non-hydrogen) atoms. The van der Waals surface area contributed by atoms with Gasteiger partial charge in [-0.2, -0.15) is 0 Å². The van der Waals surface area contributed by atoms with Crippen molar-refractivity contribution in [3.8, 4) is 0 Å². The van der Waals surface area contributed by atoms with Crippen molar-refractivity contribution in [3.63, 3.8) is 0 Å². The molecule has 2 aromatic carbocycles. The SMILES string of the molecule is CNCc1ccc(S(=O)(=O)NCc2ccc(Cl)cc2)cc1. The van der Waals surface area contributed by atoms with Crippen molar-refractivity contribution in [2.45, 2.75) is 18.0 Å². The molecule has 2 aromatic rings. The molecule has 0 amide bonds. The van der Waals surface area contributed by atoms with E-state index in [1.54, 1.807) is 48.5 Å². The Kier molecular flexibility index (Phi) is 5.36. The molecule has 2 N–H and O–H groups in total. The van der Waals surface area contributed by atoms with Crippen LogP contribution in [0.4, 0.5) is 0 Å². The summed E-state index contributed by atoms with van der Waals surface area (Å²) in [5, 5.41) is 3.64. The van der Waals surface area contributed by atoms with Crippen LogP contribution in [0.2, 0.25) is 5.02 Å². The highest BCUT2D eigenvalue weighted by Crippen LogP contribution is 2.13. The third-order valence-corrected chi connectivity index (χ3v) is 4.66. The van der Waals surface area contributed by atoms with E-state index in [1.165, 1.54) is 0 Å². The molecule has 6 heteroatoms. The molecular weight excluding hydrogens is 308 g/mol. The van der Waals surface area contributed by atoms with Crippen LogP contribution in [-0.2, 0) is 23.1 Å². The van der Waals surface area contributed by atoms with Crippen molar-refractivity contribution in [1.82, 2.24) is 10.0 Å². The molecule has 0 aromatic heterocycles. The van der Waals surface area contributed by atoms with Crippen LogP contribution in [0.25, 0.3) is 0 Å². The van der Waals surface area contributed by atoms with Crippen LogP contribution < -0.4 is 10.0 Å². The second-order valence-electron chi connectivity index (χ2n) is 4.63. The molecule has 112 valence electrons. The van der Waals surface area contributed by atoms with Gasteiger partial charge in [0.05, 0.1) is 4.90 Å². The summed E-state index contributed by atoms with van der Waals surface area (Å²) in [6, 6.07) is 13.9. The van der Waals surface area contributed by atoms with Crippen molar-refractivity contribution in [2.24, 2.45) is 0 Å². The molecule has 2 rings (SSSR count). The first-order chi connectivity index (χ1) is 10.0. The van der Waals surface area contributed by atoms with Crippen molar-refractivity contribution >= 4 is 21.6 Å². The maximum atomic E-state index is 12.2. The maximum Gasteiger partial charge on any atom is 0.240 e. The zero-order valence-electron chi connectivity index (χ0n) is 11.6. The Bertz CT molecular complexity index is 683. The fourth-order valence-corrected chi connectivity index (χ4v) is 3.00. The minimum atomic E-state index is -3.50. The molecule has 0 saturated carbocycles. The molecule has 0 aliphatic heterocycles. The summed E-state index contributed by atoms with van der Waals surface area (Å²) >= 11 is 5.79. The van der Waals surface area contributed by atoms with Gasteiger partial charge >= 0.3 is 0 Å². The largest absolute Gasteiger partial charge is 0.316 e. The van der Waals surface area contributed by atoms with Crippen molar-refractivity contribution in [1.29, 1.82) is 0 Å². The Morgan fingerprint density at radius 1 is 0.905 bits per heavy atom. The van der Waals surface area contributed by atoms with E-state index >= 15 is 0 Å². The molecule has 0 aliphatic carbocycles. The molecule has 0 aliphatic rings. The van der Waals surface area contributed by atoms with Crippen LogP contribution in [0.3, 0.4) is 0 Å². The van der Waals surface area contributed by atoms with Crippen LogP contribution in [0.1, 0.15) is 11.1 Å². The van der Waals surface area contributed by atoms with Gasteiger partial charge in [-0.15, -0.1) is 0 Å². The second kappa shape index (κ2) is 7.04. The smallest absolute Gasteiger partial charge is 0.240 e. The fourth-order valence-electron chi connectivity index (χ4n) is 1.85. The fraction of sp³-hybridized carbons (Fsp3) is 0.200. The second-order valence-corrected chi connectivity index (χ2v) is 6.83. The highest BCUT2D eigenvalue weighted by Gasteiger charge is 2.13. The summed E-state index contributed by atoms with van der Waals surface area (Å²) in [6.45, 7) is 0.941. The van der Waals surface area contributed by atoms with Gasteiger partial charge in [-0.3, -0.25) is 0 Å². The van der Waals surface area contributed by atoms with E-state index < -0.39 is 10.0 Å². The minimum Gasteiger partial charge on any atom is -0.316 e. The van der Waals surface area contributed by atoms with Gasteiger partial charge in [-0.1, -0.05) is 35.9 Å². The van der Waals surface area contributed by atoms with Gasteiger partial charge in [0, 0.05) is 18.1 Å². The molecular formula is C15H17ClN2O2S. The summed E-state index contributed by atoms with van der Waals surface area (Å²) in [4.78, 5) is 0.260. The van der Waals surface area contributed by atoms with Gasteiger partial charge in [-0.25, -0.2) is 13.1 Å². The summed E-state index contributed by atoms with van der Waals surface area (Å²) in [5.41, 5.74) is 1.89. The van der Waals surface area contributed by atoms with Gasteiger partial charge in [0.25, 0.3) is 0 Å². The van der Waals surface area contributed by atoms with E-state index in [-0.39, 0.29) is 11.4 Å². The predicted octanol–water partition coefficient (Wildman–Crippen LogP) is 2.54. The molecule has 0 atom stereocenters. The van der Waals surface area contributed by atoms with E-state index in [9.17, 15) is 8.42 Å². The maximum absolute atomic E-state index is 12.2. The molecule has 0 fully saturated rings. The van der Waals surface area contributed by atoms with Crippen LogP contribution in [-0.4, -0.2) is 15.5 Å². The highest BCUT2D eigenvalue weighted by molar-refractivity contribution is 7.89. The molecule has 0 radical (unpaired) electrons. The minimum absolute atomic E-state index is 0.234. The van der Waals surface area contributed by atoms with Crippen molar-refractivity contribution in [3.05, 3.63) is 64.7 Å². The number of halogens is 1. The number of hydrogen-bond donors (Lipinski definition) is 2. The molecule has 0 saturated heterocycles. The van der Waals surface area contributed by atoms with Gasteiger partial charge in [-0.05, 0) is 42.4 Å². The first kappa shape index (κ1) is 16.0. The van der Waals surface area contributed by atoms with Gasteiger partial charge < -0.3 is 5.32 Å². The molecule has 0 bridgehead atoms. The number of sulfonamides is 1. The van der Waals surface area contributed by atoms with E-state index in [2.05, 4.69) is 10.0 Å². The summed E-state index contributed by atoms with van der Waals surface area (Å²) < 4.78 is 27.0. The van der Waals surface area contributed by atoms with Crippen LogP contribution in [0.15, 0.2) is 53.4 Å². The van der Waals surface area contributed by atoms with Crippen molar-refractivity contribution < 1.29 is 8.42 Å². The lowest BCUT2D eigenvalue weighted by Gasteiger charge is -2.08. The summed E-state index contributed by atoms with van der Waals surface area (Å²) in [6.07, 6.45) is 0. The molecule has 4 nitrogen and oxygen atoms in total. The quantitative estimate of drug-likeness (QED) is 0.858. The topological polar surface area (TPSA) is 58.2 Å². The van der Waals surface area contributed by atoms with E-state index in [4.69, 9.17) is 11.6 Å². The lowest BCUT2D eigenvalue weighted by atomic mass is 10.2. The zero-order chi connectivity index (χ0) is 15.3. The van der Waals surface area contributed by atoms with Gasteiger partial charge in [0.2, 0.25) is 10.0 Å².